The molecule has 0 N–H and O–H groups in total. The summed E-state index contributed by atoms with van der Waals surface area (Å²) in [5.74, 6) is 0. The molecule has 1 aromatic carbocycles. The smallest absolute Gasteiger partial charge is 0.415 e. The first-order valence-corrected chi connectivity index (χ1v) is 5.39. The van der Waals surface area contributed by atoms with Crippen LogP contribution in [0.4, 0.5) is 4.79 Å². The molecule has 0 saturated heterocycles. The second kappa shape index (κ2) is 4.71. The van der Waals surface area contributed by atoms with E-state index in [1.54, 1.807) is 19.2 Å². The highest BCUT2D eigenvalue weighted by atomic mass is 16.6. The molecule has 1 aliphatic heterocycles. The summed E-state index contributed by atoms with van der Waals surface area (Å²) in [7, 11) is 0. The molecule has 0 spiro atoms. The Morgan fingerprint density at radius 3 is 3.00 bits per heavy atom. The van der Waals surface area contributed by atoms with Crippen molar-refractivity contribution >= 4 is 12.2 Å². The van der Waals surface area contributed by atoms with Crippen molar-refractivity contribution in [2.45, 2.75) is 13.0 Å². The van der Waals surface area contributed by atoms with Crippen LogP contribution in [-0.4, -0.2) is 17.6 Å². The van der Waals surface area contributed by atoms with Crippen LogP contribution in [0.2, 0.25) is 0 Å². The van der Waals surface area contributed by atoms with Gasteiger partial charge in [0.2, 0.25) is 0 Å². The van der Waals surface area contributed by atoms with Gasteiger partial charge < -0.3 is 4.74 Å². The topological polar surface area (TPSA) is 53.3 Å². The van der Waals surface area contributed by atoms with Crippen LogP contribution in [-0.2, 0) is 4.74 Å². The third kappa shape index (κ3) is 2.00. The van der Waals surface area contributed by atoms with E-state index in [1.807, 2.05) is 24.3 Å². The minimum absolute atomic E-state index is 0.295. The molecule has 17 heavy (non-hydrogen) atoms. The van der Waals surface area contributed by atoms with Crippen molar-refractivity contribution in [2.75, 3.05) is 6.61 Å². The van der Waals surface area contributed by atoms with E-state index >= 15 is 0 Å². The van der Waals surface area contributed by atoms with E-state index in [4.69, 9.17) is 4.74 Å². The van der Waals surface area contributed by atoms with Crippen molar-refractivity contribution in [2.24, 2.45) is 0 Å². The lowest BCUT2D eigenvalue weighted by atomic mass is 9.97. The molecule has 1 aliphatic rings. The largest absolute Gasteiger partial charge is 0.449 e. The van der Waals surface area contributed by atoms with Crippen molar-refractivity contribution < 1.29 is 9.53 Å². The lowest BCUT2D eigenvalue weighted by molar-refractivity contribution is 0.116. The monoisotopic (exact) mass is 228 g/mol. The third-order valence-corrected chi connectivity index (χ3v) is 2.58. The second-order valence-corrected chi connectivity index (χ2v) is 3.58. The maximum absolute atomic E-state index is 11.7. The summed E-state index contributed by atoms with van der Waals surface area (Å²) in [6.07, 6.45) is 2.90. The van der Waals surface area contributed by atoms with Crippen molar-refractivity contribution in [3.8, 4) is 6.07 Å². The zero-order chi connectivity index (χ0) is 12.3. The molecule has 1 atom stereocenters. The molecule has 1 heterocycles. The first-order chi connectivity index (χ1) is 8.27. The number of amides is 1. The molecule has 0 saturated carbocycles. The highest BCUT2D eigenvalue weighted by Gasteiger charge is 2.28. The van der Waals surface area contributed by atoms with Crippen molar-refractivity contribution in [3.05, 3.63) is 41.6 Å². The SMILES string of the molecule is CCOC(=O)N1C=Cc2ccccc2C1C#N. The lowest BCUT2D eigenvalue weighted by Gasteiger charge is -2.27. The number of fused-ring (bicyclic) bond motifs is 1. The highest BCUT2D eigenvalue weighted by molar-refractivity contribution is 5.74. The molecule has 0 bridgehead atoms. The Bertz CT molecular complexity index is 502. The summed E-state index contributed by atoms with van der Waals surface area (Å²) in [6.45, 7) is 2.03. The van der Waals surface area contributed by atoms with Gasteiger partial charge in [0.1, 0.15) is 0 Å². The van der Waals surface area contributed by atoms with Gasteiger partial charge in [-0.3, -0.25) is 4.90 Å². The van der Waals surface area contributed by atoms with Crippen LogP contribution in [0.25, 0.3) is 6.08 Å². The molecular formula is C13H12N2O2. The summed E-state index contributed by atoms with van der Waals surface area (Å²) < 4.78 is 4.91. The van der Waals surface area contributed by atoms with Gasteiger partial charge in [-0.15, -0.1) is 0 Å². The highest BCUT2D eigenvalue weighted by Crippen LogP contribution is 2.29. The number of carbonyl (C=O) groups excluding carboxylic acids is 1. The summed E-state index contributed by atoms with van der Waals surface area (Å²) in [4.78, 5) is 13.0. The Hall–Kier alpha value is -2.28. The fourth-order valence-electron chi connectivity index (χ4n) is 1.80. The molecule has 0 radical (unpaired) electrons. The number of hydrogen-bond donors (Lipinski definition) is 0. The quantitative estimate of drug-likeness (QED) is 0.742. The number of ether oxygens (including phenoxy) is 1. The summed E-state index contributed by atoms with van der Waals surface area (Å²) in [6, 6.07) is 9.02. The van der Waals surface area contributed by atoms with E-state index in [9.17, 15) is 10.1 Å². The predicted octanol–water partition coefficient (Wildman–Crippen LogP) is 2.69. The zero-order valence-corrected chi connectivity index (χ0v) is 9.46. The van der Waals surface area contributed by atoms with Gasteiger partial charge in [0.25, 0.3) is 0 Å². The van der Waals surface area contributed by atoms with Crippen LogP contribution in [0.15, 0.2) is 30.5 Å². The summed E-state index contributed by atoms with van der Waals surface area (Å²) >= 11 is 0. The molecular weight excluding hydrogens is 216 g/mol. The second-order valence-electron chi connectivity index (χ2n) is 3.58. The number of benzene rings is 1. The molecule has 4 heteroatoms. The van der Waals surface area contributed by atoms with Crippen LogP contribution in [0.3, 0.4) is 0 Å². The Labute approximate surface area is 99.7 Å². The number of nitriles is 1. The van der Waals surface area contributed by atoms with E-state index < -0.39 is 12.1 Å². The molecule has 1 amide bonds. The van der Waals surface area contributed by atoms with Gasteiger partial charge in [0, 0.05) is 6.20 Å². The molecule has 2 rings (SSSR count). The molecule has 86 valence electrons. The maximum atomic E-state index is 11.7. The van der Waals surface area contributed by atoms with E-state index in [0.717, 1.165) is 11.1 Å². The Morgan fingerprint density at radius 1 is 1.53 bits per heavy atom. The van der Waals surface area contributed by atoms with Crippen LogP contribution in [0.1, 0.15) is 24.1 Å². The minimum atomic E-state index is -0.616. The molecule has 1 unspecified atom stereocenters. The van der Waals surface area contributed by atoms with Crippen LogP contribution in [0.5, 0.6) is 0 Å². The first-order valence-electron chi connectivity index (χ1n) is 5.39. The number of nitrogens with zero attached hydrogens (tertiary/aromatic N) is 2. The number of rotatable bonds is 1. The van der Waals surface area contributed by atoms with Crippen molar-refractivity contribution in [1.29, 1.82) is 5.26 Å². The van der Waals surface area contributed by atoms with E-state index in [0.29, 0.717) is 6.61 Å². The fraction of sp³-hybridized carbons (Fsp3) is 0.231. The predicted molar refractivity (Wildman–Crippen MR) is 62.7 cm³/mol. The van der Waals surface area contributed by atoms with Gasteiger partial charge in [-0.2, -0.15) is 5.26 Å². The summed E-state index contributed by atoms with van der Waals surface area (Å²) in [5, 5.41) is 9.19. The standard InChI is InChI=1S/C13H12N2O2/c1-2-17-13(16)15-8-7-10-5-3-4-6-11(10)12(15)9-14/h3-8,12H,2H2,1H3. The van der Waals surface area contributed by atoms with Crippen molar-refractivity contribution in [1.82, 2.24) is 4.90 Å². The van der Waals surface area contributed by atoms with E-state index in [1.165, 1.54) is 4.90 Å². The van der Waals surface area contributed by atoms with Crippen molar-refractivity contribution in [3.63, 3.8) is 0 Å². The van der Waals surface area contributed by atoms with Crippen LogP contribution >= 0.6 is 0 Å². The molecule has 1 aromatic rings. The van der Waals surface area contributed by atoms with Gasteiger partial charge in [0.15, 0.2) is 6.04 Å². The fourth-order valence-corrected chi connectivity index (χ4v) is 1.80. The summed E-state index contributed by atoms with van der Waals surface area (Å²) in [5.41, 5.74) is 1.78. The molecule has 0 fully saturated rings. The van der Waals surface area contributed by atoms with Crippen LogP contribution in [0, 0.1) is 11.3 Å². The van der Waals surface area contributed by atoms with Gasteiger partial charge >= 0.3 is 6.09 Å². The average molecular weight is 228 g/mol. The maximum Gasteiger partial charge on any atom is 0.415 e. The minimum Gasteiger partial charge on any atom is -0.449 e. The van der Waals surface area contributed by atoms with Gasteiger partial charge in [-0.1, -0.05) is 24.3 Å². The first kappa shape index (κ1) is 11.2. The molecule has 0 aliphatic carbocycles. The molecule has 0 aromatic heterocycles. The van der Waals surface area contributed by atoms with E-state index in [-0.39, 0.29) is 0 Å². The lowest BCUT2D eigenvalue weighted by Crippen LogP contribution is -2.32. The Morgan fingerprint density at radius 2 is 2.29 bits per heavy atom. The number of carbonyl (C=O) groups is 1. The Kier molecular flexibility index (Phi) is 3.10. The third-order valence-electron chi connectivity index (χ3n) is 2.58. The van der Waals surface area contributed by atoms with Gasteiger partial charge in [-0.05, 0) is 24.1 Å². The zero-order valence-electron chi connectivity index (χ0n) is 9.46. The molecule has 4 nitrogen and oxygen atoms in total. The van der Waals surface area contributed by atoms with E-state index in [2.05, 4.69) is 6.07 Å². The number of hydrogen-bond acceptors (Lipinski definition) is 3. The average Bonchev–Trinajstić information content (AvgIpc) is 2.37. The Balaban J connectivity index is 2.36. The van der Waals surface area contributed by atoms with Crippen LogP contribution < -0.4 is 0 Å². The van der Waals surface area contributed by atoms with Gasteiger partial charge in [0.05, 0.1) is 12.7 Å². The van der Waals surface area contributed by atoms with Gasteiger partial charge in [-0.25, -0.2) is 4.79 Å². The normalized spacial score (nSPS) is 17.2.